The SMILES string of the molecule is CCNC(c1ccc(OC(C)C)cc1)C1CC2CCC1C2. The minimum Gasteiger partial charge on any atom is -0.491 e. The Balaban J connectivity index is 1.74. The summed E-state index contributed by atoms with van der Waals surface area (Å²) in [6, 6.07) is 9.31. The standard InChI is InChI=1S/C19H29NO/c1-4-20-19(18-12-14-5-6-16(18)11-14)15-7-9-17(10-8-15)21-13(2)3/h7-10,13-14,16,18-20H,4-6,11-12H2,1-3H3. The maximum absolute atomic E-state index is 5.76. The van der Waals surface area contributed by atoms with Crippen LogP contribution < -0.4 is 10.1 Å². The predicted molar refractivity (Wildman–Crippen MR) is 87.6 cm³/mol. The molecule has 4 atom stereocenters. The lowest BCUT2D eigenvalue weighted by Crippen LogP contribution is -2.31. The van der Waals surface area contributed by atoms with Gasteiger partial charge in [0.25, 0.3) is 0 Å². The van der Waals surface area contributed by atoms with Crippen molar-refractivity contribution < 1.29 is 4.74 Å². The number of nitrogens with one attached hydrogen (secondary N) is 1. The van der Waals surface area contributed by atoms with Crippen LogP contribution in [-0.4, -0.2) is 12.6 Å². The van der Waals surface area contributed by atoms with Crippen molar-refractivity contribution in [2.24, 2.45) is 17.8 Å². The molecule has 0 amide bonds. The summed E-state index contributed by atoms with van der Waals surface area (Å²) in [4.78, 5) is 0. The zero-order valence-corrected chi connectivity index (χ0v) is 13.6. The number of hydrogen-bond donors (Lipinski definition) is 1. The van der Waals surface area contributed by atoms with Gasteiger partial charge in [-0.3, -0.25) is 0 Å². The van der Waals surface area contributed by atoms with E-state index in [9.17, 15) is 0 Å². The molecule has 2 aliphatic rings. The van der Waals surface area contributed by atoms with E-state index in [1.807, 2.05) is 0 Å². The molecular weight excluding hydrogens is 258 g/mol. The van der Waals surface area contributed by atoms with Crippen LogP contribution in [0.15, 0.2) is 24.3 Å². The highest BCUT2D eigenvalue weighted by Gasteiger charge is 2.43. The highest BCUT2D eigenvalue weighted by atomic mass is 16.5. The molecule has 2 fully saturated rings. The second kappa shape index (κ2) is 6.39. The van der Waals surface area contributed by atoms with E-state index in [1.54, 1.807) is 0 Å². The molecule has 0 saturated heterocycles. The second-order valence-electron chi connectivity index (χ2n) is 7.11. The first kappa shape index (κ1) is 14.9. The van der Waals surface area contributed by atoms with Crippen LogP contribution in [0.5, 0.6) is 5.75 Å². The van der Waals surface area contributed by atoms with Crippen LogP contribution in [0.2, 0.25) is 0 Å². The average molecular weight is 287 g/mol. The minimum atomic E-state index is 0.242. The third kappa shape index (κ3) is 3.26. The van der Waals surface area contributed by atoms with Crippen molar-refractivity contribution in [1.29, 1.82) is 0 Å². The molecule has 116 valence electrons. The Morgan fingerprint density at radius 3 is 2.43 bits per heavy atom. The molecule has 2 nitrogen and oxygen atoms in total. The maximum Gasteiger partial charge on any atom is 0.119 e. The van der Waals surface area contributed by atoms with Crippen LogP contribution in [0, 0.1) is 17.8 Å². The van der Waals surface area contributed by atoms with Crippen molar-refractivity contribution in [3.63, 3.8) is 0 Å². The van der Waals surface area contributed by atoms with E-state index in [0.29, 0.717) is 6.04 Å². The zero-order chi connectivity index (χ0) is 14.8. The molecule has 1 aromatic rings. The van der Waals surface area contributed by atoms with Gasteiger partial charge in [-0.25, -0.2) is 0 Å². The summed E-state index contributed by atoms with van der Waals surface area (Å²) in [6.07, 6.45) is 6.06. The van der Waals surface area contributed by atoms with Gasteiger partial charge in [-0.1, -0.05) is 25.5 Å². The Bertz CT molecular complexity index is 453. The molecule has 2 bridgehead atoms. The third-order valence-corrected chi connectivity index (χ3v) is 5.26. The Kier molecular flexibility index (Phi) is 4.54. The second-order valence-corrected chi connectivity index (χ2v) is 7.11. The molecule has 21 heavy (non-hydrogen) atoms. The molecule has 2 saturated carbocycles. The van der Waals surface area contributed by atoms with Crippen molar-refractivity contribution in [2.75, 3.05) is 6.54 Å². The van der Waals surface area contributed by atoms with Gasteiger partial charge in [-0.2, -0.15) is 0 Å². The summed E-state index contributed by atoms with van der Waals surface area (Å²) >= 11 is 0. The summed E-state index contributed by atoms with van der Waals surface area (Å²) in [5.41, 5.74) is 1.44. The molecule has 3 rings (SSSR count). The molecule has 0 aliphatic heterocycles. The first-order valence-corrected chi connectivity index (χ1v) is 8.67. The van der Waals surface area contributed by atoms with E-state index < -0.39 is 0 Å². The third-order valence-electron chi connectivity index (χ3n) is 5.26. The van der Waals surface area contributed by atoms with Gasteiger partial charge in [0.1, 0.15) is 5.75 Å². The van der Waals surface area contributed by atoms with E-state index in [4.69, 9.17) is 4.74 Å². The summed E-state index contributed by atoms with van der Waals surface area (Å²) in [6.45, 7) is 7.41. The summed E-state index contributed by atoms with van der Waals surface area (Å²) in [5, 5.41) is 3.75. The van der Waals surface area contributed by atoms with Crippen LogP contribution in [-0.2, 0) is 0 Å². The van der Waals surface area contributed by atoms with Crippen molar-refractivity contribution in [3.05, 3.63) is 29.8 Å². The Labute approximate surface area is 129 Å². The number of benzene rings is 1. The molecule has 0 aromatic heterocycles. The number of fused-ring (bicyclic) bond motifs is 2. The van der Waals surface area contributed by atoms with Gasteiger partial charge >= 0.3 is 0 Å². The lowest BCUT2D eigenvalue weighted by atomic mass is 9.80. The fourth-order valence-corrected chi connectivity index (χ4v) is 4.46. The molecule has 0 spiro atoms. The lowest BCUT2D eigenvalue weighted by Gasteiger charge is -2.31. The van der Waals surface area contributed by atoms with Crippen LogP contribution in [0.3, 0.4) is 0 Å². The first-order valence-electron chi connectivity index (χ1n) is 8.67. The van der Waals surface area contributed by atoms with E-state index >= 15 is 0 Å². The molecule has 2 heteroatoms. The van der Waals surface area contributed by atoms with E-state index in [2.05, 4.69) is 50.4 Å². The van der Waals surface area contributed by atoms with Crippen LogP contribution in [0.1, 0.15) is 58.1 Å². The van der Waals surface area contributed by atoms with Crippen LogP contribution >= 0.6 is 0 Å². The van der Waals surface area contributed by atoms with Crippen molar-refractivity contribution in [3.8, 4) is 5.75 Å². The Hall–Kier alpha value is -1.02. The smallest absolute Gasteiger partial charge is 0.119 e. The van der Waals surface area contributed by atoms with Gasteiger partial charge in [0.05, 0.1) is 6.10 Å². The Morgan fingerprint density at radius 1 is 1.14 bits per heavy atom. The largest absolute Gasteiger partial charge is 0.491 e. The summed E-state index contributed by atoms with van der Waals surface area (Å²) in [5.74, 6) is 3.77. The fourth-order valence-electron chi connectivity index (χ4n) is 4.46. The van der Waals surface area contributed by atoms with Gasteiger partial charge in [0, 0.05) is 6.04 Å². The van der Waals surface area contributed by atoms with Gasteiger partial charge in [-0.05, 0) is 75.1 Å². The van der Waals surface area contributed by atoms with Crippen molar-refractivity contribution in [2.45, 2.75) is 58.6 Å². The van der Waals surface area contributed by atoms with E-state index in [-0.39, 0.29) is 6.10 Å². The average Bonchev–Trinajstić information content (AvgIpc) is 3.08. The summed E-state index contributed by atoms with van der Waals surface area (Å²) in [7, 11) is 0. The van der Waals surface area contributed by atoms with Gasteiger partial charge in [0.2, 0.25) is 0 Å². The number of ether oxygens (including phenoxy) is 1. The van der Waals surface area contributed by atoms with Crippen LogP contribution in [0.25, 0.3) is 0 Å². The van der Waals surface area contributed by atoms with Gasteiger partial charge < -0.3 is 10.1 Å². The molecule has 0 heterocycles. The normalized spacial score (nSPS) is 29.0. The molecule has 4 unspecified atom stereocenters. The molecule has 1 N–H and O–H groups in total. The molecule has 2 aliphatic carbocycles. The minimum absolute atomic E-state index is 0.242. The van der Waals surface area contributed by atoms with Crippen LogP contribution in [0.4, 0.5) is 0 Å². The van der Waals surface area contributed by atoms with Gasteiger partial charge in [0.15, 0.2) is 0 Å². The maximum atomic E-state index is 5.76. The lowest BCUT2D eigenvalue weighted by molar-refractivity contribution is 0.241. The van der Waals surface area contributed by atoms with Crippen molar-refractivity contribution in [1.82, 2.24) is 5.32 Å². The van der Waals surface area contributed by atoms with E-state index in [1.165, 1.54) is 31.2 Å². The predicted octanol–water partition coefficient (Wildman–Crippen LogP) is 4.56. The first-order chi connectivity index (χ1) is 10.2. The molecule has 1 aromatic carbocycles. The quantitative estimate of drug-likeness (QED) is 0.828. The van der Waals surface area contributed by atoms with Gasteiger partial charge in [-0.15, -0.1) is 0 Å². The van der Waals surface area contributed by atoms with Crippen molar-refractivity contribution >= 4 is 0 Å². The Morgan fingerprint density at radius 2 is 1.90 bits per heavy atom. The fraction of sp³-hybridized carbons (Fsp3) is 0.684. The highest BCUT2D eigenvalue weighted by Crippen LogP contribution is 2.52. The zero-order valence-electron chi connectivity index (χ0n) is 13.6. The number of hydrogen-bond acceptors (Lipinski definition) is 2. The number of rotatable bonds is 6. The van der Waals surface area contributed by atoms with E-state index in [0.717, 1.165) is 30.0 Å². The topological polar surface area (TPSA) is 21.3 Å². The monoisotopic (exact) mass is 287 g/mol. The summed E-state index contributed by atoms with van der Waals surface area (Å²) < 4.78 is 5.76. The highest BCUT2D eigenvalue weighted by molar-refractivity contribution is 5.30. The molecular formula is C19H29NO. The molecule has 0 radical (unpaired) electrons.